The topological polar surface area (TPSA) is 73.1 Å². The van der Waals surface area contributed by atoms with Crippen LogP contribution in [0.5, 0.6) is 0 Å². The van der Waals surface area contributed by atoms with Crippen LogP contribution in [0.4, 0.5) is 10.8 Å². The van der Waals surface area contributed by atoms with Crippen LogP contribution in [0.25, 0.3) is 11.1 Å². The molecule has 3 N–H and O–H groups in total. The molecule has 0 spiro atoms. The smallest absolute Gasteiger partial charge is 0.147 e. The molecule has 0 aliphatic carbocycles. The normalized spacial score (nSPS) is 10.4. The van der Waals surface area contributed by atoms with E-state index in [1.807, 2.05) is 12.1 Å². The molecule has 0 fully saturated rings. The van der Waals surface area contributed by atoms with E-state index in [-0.39, 0.29) is 0 Å². The van der Waals surface area contributed by atoms with Gasteiger partial charge >= 0.3 is 0 Å². The highest BCUT2D eigenvalue weighted by atomic mass is 32.1. The average molecular weight is 250 g/mol. The molecular formula is C11H14N4OS. The van der Waals surface area contributed by atoms with Crippen LogP contribution in [0.15, 0.2) is 24.5 Å². The Balaban J connectivity index is 2.24. The van der Waals surface area contributed by atoms with Crippen molar-refractivity contribution >= 4 is 22.4 Å². The standard InChI is InChI=1S/C11H14N4OS/c1-16-6-5-14-11-9(10(12)15-17-11)8-3-2-4-13-7-8/h2-4,7,14H,5-6H2,1H3,(H2,12,15). The van der Waals surface area contributed by atoms with Crippen molar-refractivity contribution in [1.29, 1.82) is 0 Å². The lowest BCUT2D eigenvalue weighted by atomic mass is 10.1. The van der Waals surface area contributed by atoms with Crippen molar-refractivity contribution in [3.8, 4) is 11.1 Å². The molecule has 0 radical (unpaired) electrons. The van der Waals surface area contributed by atoms with E-state index in [2.05, 4.69) is 14.7 Å². The van der Waals surface area contributed by atoms with Gasteiger partial charge in [0, 0.05) is 31.6 Å². The molecule has 5 nitrogen and oxygen atoms in total. The summed E-state index contributed by atoms with van der Waals surface area (Å²) in [7, 11) is 1.67. The van der Waals surface area contributed by atoms with Crippen molar-refractivity contribution in [1.82, 2.24) is 9.36 Å². The Hall–Kier alpha value is -1.66. The number of pyridine rings is 1. The summed E-state index contributed by atoms with van der Waals surface area (Å²) in [4.78, 5) is 4.09. The minimum Gasteiger partial charge on any atom is -0.383 e. The van der Waals surface area contributed by atoms with Gasteiger partial charge in [0.25, 0.3) is 0 Å². The molecule has 0 aliphatic rings. The fourth-order valence-electron chi connectivity index (χ4n) is 1.48. The molecule has 0 saturated heterocycles. The summed E-state index contributed by atoms with van der Waals surface area (Å²) in [5, 5.41) is 4.21. The molecule has 2 aromatic heterocycles. The quantitative estimate of drug-likeness (QED) is 0.792. The third-order valence-electron chi connectivity index (χ3n) is 2.26. The first kappa shape index (κ1) is 11.8. The molecule has 2 aromatic rings. The Morgan fingerprint density at radius 3 is 3.12 bits per heavy atom. The zero-order valence-corrected chi connectivity index (χ0v) is 10.3. The lowest BCUT2D eigenvalue weighted by Crippen LogP contribution is -2.07. The number of hydrogen-bond acceptors (Lipinski definition) is 6. The van der Waals surface area contributed by atoms with E-state index in [1.165, 1.54) is 11.5 Å². The second-order valence-corrected chi connectivity index (χ2v) is 4.21. The summed E-state index contributed by atoms with van der Waals surface area (Å²) in [6.45, 7) is 1.37. The number of nitrogen functional groups attached to an aromatic ring is 1. The number of methoxy groups -OCH3 is 1. The van der Waals surface area contributed by atoms with E-state index in [0.717, 1.165) is 22.7 Å². The molecule has 0 aromatic carbocycles. The van der Waals surface area contributed by atoms with Gasteiger partial charge in [0.2, 0.25) is 0 Å². The molecule has 0 aliphatic heterocycles. The van der Waals surface area contributed by atoms with Crippen LogP contribution in [0, 0.1) is 0 Å². The lowest BCUT2D eigenvalue weighted by molar-refractivity contribution is 0.211. The minimum atomic E-state index is 0.530. The van der Waals surface area contributed by atoms with Crippen LogP contribution < -0.4 is 11.1 Å². The first-order valence-electron chi connectivity index (χ1n) is 5.21. The number of rotatable bonds is 5. The largest absolute Gasteiger partial charge is 0.383 e. The fourth-order valence-corrected chi connectivity index (χ4v) is 2.24. The van der Waals surface area contributed by atoms with Gasteiger partial charge in [-0.1, -0.05) is 6.07 Å². The molecule has 0 amide bonds. The van der Waals surface area contributed by atoms with Gasteiger partial charge in [-0.2, -0.15) is 4.37 Å². The first-order valence-corrected chi connectivity index (χ1v) is 5.98. The van der Waals surface area contributed by atoms with Gasteiger partial charge in [0.05, 0.1) is 12.2 Å². The van der Waals surface area contributed by atoms with Gasteiger partial charge in [-0.3, -0.25) is 4.98 Å². The van der Waals surface area contributed by atoms with Gasteiger partial charge in [0.1, 0.15) is 10.8 Å². The maximum Gasteiger partial charge on any atom is 0.147 e. The van der Waals surface area contributed by atoms with Gasteiger partial charge < -0.3 is 15.8 Å². The Labute approximate surface area is 104 Å². The second kappa shape index (κ2) is 5.60. The van der Waals surface area contributed by atoms with Gasteiger partial charge in [-0.15, -0.1) is 0 Å². The molecule has 0 unspecified atom stereocenters. The van der Waals surface area contributed by atoms with E-state index in [1.54, 1.807) is 19.5 Å². The SMILES string of the molecule is COCCNc1snc(N)c1-c1cccnc1. The zero-order chi connectivity index (χ0) is 12.1. The Morgan fingerprint density at radius 2 is 2.41 bits per heavy atom. The van der Waals surface area contributed by atoms with E-state index >= 15 is 0 Å². The zero-order valence-electron chi connectivity index (χ0n) is 9.51. The van der Waals surface area contributed by atoms with Crippen molar-refractivity contribution in [2.45, 2.75) is 0 Å². The molecule has 2 rings (SSSR count). The number of hydrogen-bond donors (Lipinski definition) is 2. The molecule has 90 valence electrons. The Morgan fingerprint density at radius 1 is 1.53 bits per heavy atom. The average Bonchev–Trinajstić information content (AvgIpc) is 2.72. The highest BCUT2D eigenvalue weighted by Gasteiger charge is 2.13. The number of aromatic nitrogens is 2. The van der Waals surface area contributed by atoms with Crippen molar-refractivity contribution in [3.63, 3.8) is 0 Å². The fraction of sp³-hybridized carbons (Fsp3) is 0.273. The van der Waals surface area contributed by atoms with Gasteiger partial charge in [-0.05, 0) is 17.6 Å². The van der Waals surface area contributed by atoms with Crippen LogP contribution in [-0.4, -0.2) is 29.6 Å². The number of nitrogens with one attached hydrogen (secondary N) is 1. The number of ether oxygens (including phenoxy) is 1. The van der Waals surface area contributed by atoms with Gasteiger partial charge in [-0.25, -0.2) is 0 Å². The summed E-state index contributed by atoms with van der Waals surface area (Å²) < 4.78 is 9.15. The second-order valence-electron chi connectivity index (χ2n) is 3.43. The predicted octanol–water partition coefficient (Wildman–Crippen LogP) is 1.85. The summed E-state index contributed by atoms with van der Waals surface area (Å²) in [6.07, 6.45) is 3.51. The van der Waals surface area contributed by atoms with Crippen LogP contribution in [-0.2, 0) is 4.74 Å². The molecular weight excluding hydrogens is 236 g/mol. The Bertz CT molecular complexity index is 472. The predicted molar refractivity (Wildman–Crippen MR) is 70.1 cm³/mol. The van der Waals surface area contributed by atoms with Crippen LogP contribution in [0.2, 0.25) is 0 Å². The van der Waals surface area contributed by atoms with Crippen molar-refractivity contribution in [3.05, 3.63) is 24.5 Å². The number of nitrogens with two attached hydrogens (primary N) is 1. The highest BCUT2D eigenvalue weighted by Crippen LogP contribution is 2.35. The third-order valence-corrected chi connectivity index (χ3v) is 3.08. The first-order chi connectivity index (χ1) is 8.33. The monoisotopic (exact) mass is 250 g/mol. The van der Waals surface area contributed by atoms with Crippen molar-refractivity contribution in [2.75, 3.05) is 31.3 Å². The van der Waals surface area contributed by atoms with E-state index in [0.29, 0.717) is 12.4 Å². The van der Waals surface area contributed by atoms with Crippen LogP contribution >= 0.6 is 11.5 Å². The maximum atomic E-state index is 5.88. The van der Waals surface area contributed by atoms with Crippen LogP contribution in [0.1, 0.15) is 0 Å². The molecule has 0 bridgehead atoms. The highest BCUT2D eigenvalue weighted by molar-refractivity contribution is 7.11. The molecule has 0 saturated carbocycles. The van der Waals surface area contributed by atoms with E-state index in [4.69, 9.17) is 10.5 Å². The molecule has 6 heteroatoms. The van der Waals surface area contributed by atoms with Crippen LogP contribution in [0.3, 0.4) is 0 Å². The summed E-state index contributed by atoms with van der Waals surface area (Å²) in [6, 6.07) is 3.85. The summed E-state index contributed by atoms with van der Waals surface area (Å²) >= 11 is 1.35. The summed E-state index contributed by atoms with van der Waals surface area (Å²) in [5.74, 6) is 0.530. The van der Waals surface area contributed by atoms with Crippen molar-refractivity contribution in [2.24, 2.45) is 0 Å². The van der Waals surface area contributed by atoms with Gasteiger partial charge in [0.15, 0.2) is 0 Å². The molecule has 0 atom stereocenters. The minimum absolute atomic E-state index is 0.530. The maximum absolute atomic E-state index is 5.88. The number of nitrogens with zero attached hydrogens (tertiary/aromatic N) is 2. The van der Waals surface area contributed by atoms with E-state index < -0.39 is 0 Å². The summed E-state index contributed by atoms with van der Waals surface area (Å²) in [5.41, 5.74) is 7.76. The number of anilines is 2. The Kier molecular flexibility index (Phi) is 3.89. The van der Waals surface area contributed by atoms with Crippen molar-refractivity contribution < 1.29 is 4.74 Å². The molecule has 17 heavy (non-hydrogen) atoms. The lowest BCUT2D eigenvalue weighted by Gasteiger charge is -2.06. The van der Waals surface area contributed by atoms with E-state index in [9.17, 15) is 0 Å². The molecule has 2 heterocycles. The third kappa shape index (κ3) is 2.72.